The molecule has 2 aromatic carbocycles. The van der Waals surface area contributed by atoms with E-state index in [4.69, 9.17) is 4.98 Å². The lowest BCUT2D eigenvalue weighted by atomic mass is 9.94. The van der Waals surface area contributed by atoms with Gasteiger partial charge in [0.05, 0.1) is 16.7 Å². The van der Waals surface area contributed by atoms with Gasteiger partial charge in [0, 0.05) is 5.56 Å². The number of carboxylic acid groups (broad SMARTS) is 1. The highest BCUT2D eigenvalue weighted by molar-refractivity contribution is 6.01. The van der Waals surface area contributed by atoms with Crippen LogP contribution in [0.4, 0.5) is 14.6 Å². The quantitative estimate of drug-likeness (QED) is 0.446. The summed E-state index contributed by atoms with van der Waals surface area (Å²) in [6, 6.07) is 12.8. The Labute approximate surface area is 206 Å². The van der Waals surface area contributed by atoms with Gasteiger partial charge in [-0.1, -0.05) is 32.0 Å². The number of nitrogens with zero attached hydrogens (tertiary/aromatic N) is 1. The number of aryl methyl sites for hydroxylation is 1. The number of carboxylic acids is 1. The molecule has 0 saturated heterocycles. The molecule has 2 aliphatic rings. The molecule has 36 heavy (non-hydrogen) atoms. The molecule has 1 saturated carbocycles. The molecule has 1 fully saturated rings. The van der Waals surface area contributed by atoms with Crippen molar-refractivity contribution in [1.29, 1.82) is 0 Å². The molecule has 1 aliphatic carbocycles. The number of amides is 1. The van der Waals surface area contributed by atoms with E-state index in [2.05, 4.69) is 14.8 Å². The van der Waals surface area contributed by atoms with E-state index < -0.39 is 17.7 Å². The Bertz CT molecular complexity index is 1380. The number of hydrogen-bond donors (Lipinski definition) is 2. The number of benzene rings is 2. The fourth-order valence-corrected chi connectivity index (χ4v) is 4.69. The van der Waals surface area contributed by atoms with Gasteiger partial charge in [0.25, 0.3) is 0 Å². The van der Waals surface area contributed by atoms with E-state index in [1.807, 2.05) is 19.9 Å². The second-order valence-electron chi connectivity index (χ2n) is 8.95. The topological polar surface area (TPSA) is 97.8 Å². The molecule has 7 nitrogen and oxygen atoms in total. The first-order chi connectivity index (χ1) is 17.2. The fourth-order valence-electron chi connectivity index (χ4n) is 4.69. The Morgan fingerprint density at radius 2 is 1.78 bits per heavy atom. The number of halogens is 2. The van der Waals surface area contributed by atoms with Crippen LogP contribution in [0, 0.1) is 0 Å². The minimum Gasteiger partial charge on any atom is -0.478 e. The van der Waals surface area contributed by atoms with Crippen molar-refractivity contribution in [3.8, 4) is 22.8 Å². The van der Waals surface area contributed by atoms with Gasteiger partial charge >= 0.3 is 12.3 Å². The minimum absolute atomic E-state index is 0.0717. The summed E-state index contributed by atoms with van der Waals surface area (Å²) in [6.07, 6.45) is -1.24. The first-order valence-corrected chi connectivity index (χ1v) is 11.7. The maximum absolute atomic E-state index is 13.4. The number of aromatic carboxylic acids is 1. The van der Waals surface area contributed by atoms with Crippen LogP contribution >= 0.6 is 0 Å². The molecule has 1 aliphatic heterocycles. The van der Waals surface area contributed by atoms with Crippen LogP contribution < -0.4 is 14.8 Å². The maximum Gasteiger partial charge on any atom is 0.586 e. The number of ether oxygens (including phenoxy) is 2. The van der Waals surface area contributed by atoms with E-state index in [-0.39, 0.29) is 23.0 Å². The number of nitrogens with one attached hydrogen (secondary N) is 1. The zero-order valence-corrected chi connectivity index (χ0v) is 19.7. The summed E-state index contributed by atoms with van der Waals surface area (Å²) in [5.74, 6) is -1.15. The lowest BCUT2D eigenvalue weighted by Gasteiger charge is -2.19. The third-order valence-electron chi connectivity index (χ3n) is 6.71. The molecule has 0 unspecified atom stereocenters. The lowest BCUT2D eigenvalue weighted by Crippen LogP contribution is -2.28. The average molecular weight is 494 g/mol. The van der Waals surface area contributed by atoms with Gasteiger partial charge in [-0.15, -0.1) is 8.78 Å². The summed E-state index contributed by atoms with van der Waals surface area (Å²) in [6.45, 7) is 4.00. The van der Waals surface area contributed by atoms with E-state index in [1.165, 1.54) is 18.2 Å². The van der Waals surface area contributed by atoms with E-state index >= 15 is 0 Å². The first-order valence-electron chi connectivity index (χ1n) is 11.7. The highest BCUT2D eigenvalue weighted by Gasteiger charge is 2.53. The number of anilines is 1. The van der Waals surface area contributed by atoms with Crippen molar-refractivity contribution in [1.82, 2.24) is 4.98 Å². The van der Waals surface area contributed by atoms with Crippen molar-refractivity contribution in [3.63, 3.8) is 0 Å². The Morgan fingerprint density at radius 1 is 1.03 bits per heavy atom. The number of hydrogen-bond acceptors (Lipinski definition) is 5. The molecule has 0 radical (unpaired) electrons. The fraction of sp³-hybridized carbons (Fsp3) is 0.296. The van der Waals surface area contributed by atoms with Crippen molar-refractivity contribution in [2.45, 2.75) is 51.2 Å². The van der Waals surface area contributed by atoms with Crippen LogP contribution in [-0.4, -0.2) is 28.3 Å². The number of pyridine rings is 1. The van der Waals surface area contributed by atoms with Crippen LogP contribution in [0.25, 0.3) is 11.3 Å². The summed E-state index contributed by atoms with van der Waals surface area (Å²) in [4.78, 5) is 29.6. The van der Waals surface area contributed by atoms with E-state index in [0.717, 1.165) is 11.1 Å². The smallest absolute Gasteiger partial charge is 0.478 e. The second kappa shape index (κ2) is 8.58. The van der Waals surface area contributed by atoms with Gasteiger partial charge in [-0.2, -0.15) is 0 Å². The normalized spacial score (nSPS) is 16.4. The van der Waals surface area contributed by atoms with Crippen molar-refractivity contribution in [3.05, 3.63) is 70.8 Å². The van der Waals surface area contributed by atoms with Crippen LogP contribution in [-0.2, 0) is 23.1 Å². The van der Waals surface area contributed by atoms with Crippen molar-refractivity contribution < 1.29 is 33.0 Å². The molecule has 0 atom stereocenters. The minimum atomic E-state index is -3.73. The summed E-state index contributed by atoms with van der Waals surface area (Å²) in [5, 5.41) is 12.3. The Morgan fingerprint density at radius 3 is 2.44 bits per heavy atom. The predicted octanol–water partition coefficient (Wildman–Crippen LogP) is 5.56. The van der Waals surface area contributed by atoms with E-state index in [9.17, 15) is 23.5 Å². The summed E-state index contributed by atoms with van der Waals surface area (Å²) in [5.41, 5.74) is 3.08. The molecule has 5 rings (SSSR count). The second-order valence-corrected chi connectivity index (χ2v) is 8.95. The third kappa shape index (κ3) is 4.14. The van der Waals surface area contributed by atoms with E-state index in [0.29, 0.717) is 48.3 Å². The van der Waals surface area contributed by atoms with Crippen LogP contribution in [0.15, 0.2) is 48.5 Å². The molecule has 186 valence electrons. The Hall–Kier alpha value is -4.01. The zero-order valence-electron chi connectivity index (χ0n) is 19.7. The molecule has 1 aromatic heterocycles. The van der Waals surface area contributed by atoms with Crippen molar-refractivity contribution in [2.75, 3.05) is 5.32 Å². The lowest BCUT2D eigenvalue weighted by molar-refractivity contribution is -0.286. The van der Waals surface area contributed by atoms with Crippen molar-refractivity contribution >= 4 is 17.7 Å². The number of fused-ring (bicyclic) bond motifs is 1. The molecule has 2 heterocycles. The highest BCUT2D eigenvalue weighted by Crippen LogP contribution is 2.52. The van der Waals surface area contributed by atoms with Gasteiger partial charge in [0.15, 0.2) is 11.5 Å². The van der Waals surface area contributed by atoms with Gasteiger partial charge in [-0.3, -0.25) is 4.79 Å². The molecule has 1 amide bonds. The molecule has 0 bridgehead atoms. The van der Waals surface area contributed by atoms with Gasteiger partial charge in [-0.25, -0.2) is 9.78 Å². The van der Waals surface area contributed by atoms with Gasteiger partial charge < -0.3 is 19.9 Å². The van der Waals surface area contributed by atoms with Gasteiger partial charge in [0.2, 0.25) is 5.91 Å². The number of aromatic nitrogens is 1. The van der Waals surface area contributed by atoms with E-state index in [1.54, 1.807) is 24.3 Å². The van der Waals surface area contributed by atoms with Crippen LogP contribution in [0.2, 0.25) is 0 Å². The van der Waals surface area contributed by atoms with Crippen LogP contribution in [0.3, 0.4) is 0 Å². The zero-order chi connectivity index (χ0) is 25.7. The predicted molar refractivity (Wildman–Crippen MR) is 128 cm³/mol. The Balaban J connectivity index is 1.48. The number of rotatable bonds is 7. The number of alkyl halides is 2. The first kappa shape index (κ1) is 23.7. The standard InChI is InChI=1S/C27H24F2N2O5/c1-3-15-13-22(30-23(19(15)4-2)16-6-5-7-17(12-16)24(32)33)31-25(34)26(10-11-26)18-8-9-20-21(14-18)36-27(28,29)35-20/h5-9,12-14H,3-4,10-11H2,1-2H3,(H,32,33)(H,30,31,34). The van der Waals surface area contributed by atoms with Crippen molar-refractivity contribution in [2.24, 2.45) is 0 Å². The molecular formula is C27H24F2N2O5. The highest BCUT2D eigenvalue weighted by atomic mass is 19.3. The molecule has 0 spiro atoms. The number of carbonyl (C=O) groups excluding carboxylic acids is 1. The summed E-state index contributed by atoms with van der Waals surface area (Å²) >= 11 is 0. The maximum atomic E-state index is 13.4. The van der Waals surface area contributed by atoms with Crippen LogP contribution in [0.5, 0.6) is 11.5 Å². The molecular weight excluding hydrogens is 470 g/mol. The van der Waals surface area contributed by atoms with Gasteiger partial charge in [0.1, 0.15) is 5.82 Å². The van der Waals surface area contributed by atoms with Crippen LogP contribution in [0.1, 0.15) is 53.7 Å². The van der Waals surface area contributed by atoms with Gasteiger partial charge in [-0.05, 0) is 72.7 Å². The summed E-state index contributed by atoms with van der Waals surface area (Å²) in [7, 11) is 0. The Kier molecular flexibility index (Phi) is 5.65. The number of carbonyl (C=O) groups is 2. The monoisotopic (exact) mass is 494 g/mol. The average Bonchev–Trinajstić information content (AvgIpc) is 3.60. The SMILES string of the molecule is CCc1cc(NC(=O)C2(c3ccc4c(c3)OC(F)(F)O4)CC2)nc(-c2cccc(C(=O)O)c2)c1CC. The largest absolute Gasteiger partial charge is 0.586 e. The molecule has 3 aromatic rings. The molecule has 2 N–H and O–H groups in total. The molecule has 9 heteroatoms. The summed E-state index contributed by atoms with van der Waals surface area (Å²) < 4.78 is 35.9. The third-order valence-corrected chi connectivity index (χ3v) is 6.71.